The van der Waals surface area contributed by atoms with Crippen molar-refractivity contribution in [3.8, 4) is 6.07 Å². The summed E-state index contributed by atoms with van der Waals surface area (Å²) in [7, 11) is 0. The third kappa shape index (κ3) is 2.63. The second-order valence-electron chi connectivity index (χ2n) is 5.06. The minimum Gasteiger partial charge on any atom is -0.322 e. The van der Waals surface area contributed by atoms with Crippen LogP contribution in [-0.2, 0) is 0 Å². The van der Waals surface area contributed by atoms with Crippen molar-refractivity contribution >= 4 is 0 Å². The van der Waals surface area contributed by atoms with Gasteiger partial charge in [0.15, 0.2) is 0 Å². The lowest BCUT2D eigenvalue weighted by atomic mass is 9.97. The van der Waals surface area contributed by atoms with E-state index in [0.717, 1.165) is 12.8 Å². The zero-order valence-electron chi connectivity index (χ0n) is 10.7. The first-order valence-corrected chi connectivity index (χ1v) is 6.53. The van der Waals surface area contributed by atoms with Crippen molar-refractivity contribution in [1.29, 1.82) is 5.26 Å². The second kappa shape index (κ2) is 5.27. The molecule has 2 atom stereocenters. The molecule has 0 amide bonds. The molecule has 1 N–H and O–H groups in total. The Morgan fingerprint density at radius 3 is 2.47 bits per heavy atom. The highest BCUT2D eigenvalue weighted by atomic mass is 15.4. The number of rotatable bonds is 2. The van der Waals surface area contributed by atoms with Crippen LogP contribution in [0.3, 0.4) is 0 Å². The number of aryl methyl sites for hydroxylation is 2. The van der Waals surface area contributed by atoms with Gasteiger partial charge >= 0.3 is 0 Å². The molecule has 0 saturated heterocycles. The molecule has 0 bridgehead atoms. The molecule has 1 aromatic rings. The third-order valence-corrected chi connectivity index (χ3v) is 3.75. The average Bonchev–Trinajstić information content (AvgIpc) is 2.57. The maximum absolute atomic E-state index is 9.25. The Kier molecular flexibility index (Phi) is 3.73. The normalized spacial score (nSPS) is 25.0. The van der Waals surface area contributed by atoms with E-state index in [4.69, 9.17) is 0 Å². The van der Waals surface area contributed by atoms with E-state index in [9.17, 15) is 5.26 Å². The summed E-state index contributed by atoms with van der Waals surface area (Å²) < 4.78 is 2.13. The number of hydrogen-bond acceptors (Lipinski definition) is 2. The molecule has 1 heterocycles. The minimum absolute atomic E-state index is 0.152. The number of hydrogen-bond donors (Lipinski definition) is 1. The van der Waals surface area contributed by atoms with E-state index >= 15 is 0 Å². The zero-order valence-corrected chi connectivity index (χ0v) is 10.7. The highest BCUT2D eigenvalue weighted by Crippen LogP contribution is 2.24. The minimum atomic E-state index is 0.152. The quantitative estimate of drug-likeness (QED) is 0.794. The van der Waals surface area contributed by atoms with Gasteiger partial charge in [-0.15, -0.1) is 0 Å². The van der Waals surface area contributed by atoms with Crippen LogP contribution in [0.1, 0.15) is 43.5 Å². The molecule has 92 valence electrons. The molecule has 2 unspecified atom stereocenters. The van der Waals surface area contributed by atoms with Crippen LogP contribution in [0.5, 0.6) is 0 Å². The average molecular weight is 231 g/mol. The van der Waals surface area contributed by atoms with Gasteiger partial charge in [-0.2, -0.15) is 5.26 Å². The third-order valence-electron chi connectivity index (χ3n) is 3.75. The van der Waals surface area contributed by atoms with Gasteiger partial charge in [0.1, 0.15) is 0 Å². The Hall–Kier alpha value is -1.43. The molecule has 17 heavy (non-hydrogen) atoms. The summed E-state index contributed by atoms with van der Waals surface area (Å²) in [5.41, 5.74) is 5.96. The van der Waals surface area contributed by atoms with Crippen molar-refractivity contribution in [2.24, 2.45) is 5.92 Å². The number of aromatic nitrogens is 1. The van der Waals surface area contributed by atoms with Gasteiger partial charge in [-0.1, -0.05) is 19.3 Å². The van der Waals surface area contributed by atoms with Crippen molar-refractivity contribution < 1.29 is 0 Å². The van der Waals surface area contributed by atoms with Crippen LogP contribution in [0.4, 0.5) is 0 Å². The maximum Gasteiger partial charge on any atom is 0.0680 e. The van der Waals surface area contributed by atoms with Crippen LogP contribution in [0.25, 0.3) is 0 Å². The molecule has 0 radical (unpaired) electrons. The van der Waals surface area contributed by atoms with Crippen molar-refractivity contribution in [2.45, 2.75) is 52.0 Å². The van der Waals surface area contributed by atoms with E-state index < -0.39 is 0 Å². The molecule has 1 fully saturated rings. The molecule has 1 aliphatic carbocycles. The molecule has 0 aromatic carbocycles. The fourth-order valence-electron chi connectivity index (χ4n) is 2.65. The first-order chi connectivity index (χ1) is 8.22. The summed E-state index contributed by atoms with van der Waals surface area (Å²) in [5.74, 6) is 0.152. The standard InChI is InChI=1S/C14H21N3/c1-11-8-9-12(2)17(11)16-14-7-5-3-4-6-13(14)10-15/h8-9,13-14,16H,3-7H2,1-2H3. The fourth-order valence-corrected chi connectivity index (χ4v) is 2.65. The molecular formula is C14H21N3. The summed E-state index contributed by atoms with van der Waals surface area (Å²) in [4.78, 5) is 0. The summed E-state index contributed by atoms with van der Waals surface area (Å²) in [6.07, 6.45) is 5.83. The Morgan fingerprint density at radius 1 is 1.18 bits per heavy atom. The molecule has 2 rings (SSSR count). The molecule has 1 saturated carbocycles. The van der Waals surface area contributed by atoms with Crippen LogP contribution in [0.15, 0.2) is 12.1 Å². The fraction of sp³-hybridized carbons (Fsp3) is 0.643. The summed E-state index contributed by atoms with van der Waals surface area (Å²) >= 11 is 0. The van der Waals surface area contributed by atoms with Crippen molar-refractivity contribution in [2.75, 3.05) is 5.43 Å². The van der Waals surface area contributed by atoms with Gasteiger partial charge in [0.2, 0.25) is 0 Å². The molecule has 3 nitrogen and oxygen atoms in total. The summed E-state index contributed by atoms with van der Waals surface area (Å²) in [6, 6.07) is 6.99. The van der Waals surface area contributed by atoms with Gasteiger partial charge in [0, 0.05) is 11.4 Å². The maximum atomic E-state index is 9.25. The van der Waals surface area contributed by atoms with Crippen LogP contribution in [0, 0.1) is 31.1 Å². The van der Waals surface area contributed by atoms with Gasteiger partial charge in [-0.05, 0) is 38.8 Å². The summed E-state index contributed by atoms with van der Waals surface area (Å²) in [5, 5.41) is 9.25. The lowest BCUT2D eigenvalue weighted by Crippen LogP contribution is -2.34. The van der Waals surface area contributed by atoms with Crippen LogP contribution in [0.2, 0.25) is 0 Å². The van der Waals surface area contributed by atoms with Crippen molar-refractivity contribution in [3.63, 3.8) is 0 Å². The Bertz CT molecular complexity index is 394. The topological polar surface area (TPSA) is 40.8 Å². The molecule has 1 aliphatic rings. The lowest BCUT2D eigenvalue weighted by Gasteiger charge is -2.24. The summed E-state index contributed by atoms with van der Waals surface area (Å²) in [6.45, 7) is 4.19. The number of nitriles is 1. The van der Waals surface area contributed by atoms with E-state index in [1.54, 1.807) is 0 Å². The molecule has 3 heteroatoms. The SMILES string of the molecule is Cc1ccc(C)n1NC1CCCCCC1C#N. The first kappa shape index (κ1) is 12.0. The first-order valence-electron chi connectivity index (χ1n) is 6.53. The predicted molar refractivity (Wildman–Crippen MR) is 69.2 cm³/mol. The van der Waals surface area contributed by atoms with Gasteiger partial charge in [-0.3, -0.25) is 4.68 Å². The number of nitrogens with one attached hydrogen (secondary N) is 1. The predicted octanol–water partition coefficient (Wildman–Crippen LogP) is 3.12. The van der Waals surface area contributed by atoms with E-state index in [-0.39, 0.29) is 5.92 Å². The highest BCUT2D eigenvalue weighted by molar-refractivity contribution is 5.16. The Labute approximate surface area is 103 Å². The largest absolute Gasteiger partial charge is 0.322 e. The van der Waals surface area contributed by atoms with Gasteiger partial charge in [-0.25, -0.2) is 0 Å². The lowest BCUT2D eigenvalue weighted by molar-refractivity contribution is 0.474. The van der Waals surface area contributed by atoms with Crippen molar-refractivity contribution in [1.82, 2.24) is 4.68 Å². The zero-order chi connectivity index (χ0) is 12.3. The Morgan fingerprint density at radius 2 is 1.82 bits per heavy atom. The van der Waals surface area contributed by atoms with E-state index in [1.165, 1.54) is 30.7 Å². The number of nitrogens with zero attached hydrogens (tertiary/aromatic N) is 2. The van der Waals surface area contributed by atoms with Gasteiger partial charge < -0.3 is 5.43 Å². The van der Waals surface area contributed by atoms with Crippen molar-refractivity contribution in [3.05, 3.63) is 23.5 Å². The molecule has 1 aromatic heterocycles. The van der Waals surface area contributed by atoms with Crippen LogP contribution in [-0.4, -0.2) is 10.7 Å². The van der Waals surface area contributed by atoms with E-state index in [2.05, 4.69) is 42.2 Å². The van der Waals surface area contributed by atoms with Crippen LogP contribution < -0.4 is 5.43 Å². The van der Waals surface area contributed by atoms with Crippen LogP contribution >= 0.6 is 0 Å². The Balaban J connectivity index is 2.13. The van der Waals surface area contributed by atoms with E-state index in [1.807, 2.05) is 0 Å². The molecular weight excluding hydrogens is 210 g/mol. The van der Waals surface area contributed by atoms with Gasteiger partial charge in [0.25, 0.3) is 0 Å². The second-order valence-corrected chi connectivity index (χ2v) is 5.06. The van der Waals surface area contributed by atoms with E-state index in [0.29, 0.717) is 6.04 Å². The smallest absolute Gasteiger partial charge is 0.0680 e. The molecule has 0 aliphatic heterocycles. The highest BCUT2D eigenvalue weighted by Gasteiger charge is 2.23. The van der Waals surface area contributed by atoms with Gasteiger partial charge in [0.05, 0.1) is 18.0 Å². The molecule has 0 spiro atoms. The monoisotopic (exact) mass is 231 g/mol.